The van der Waals surface area contributed by atoms with Crippen LogP contribution in [0.1, 0.15) is 76.7 Å². The first-order chi connectivity index (χ1) is 43.8. The monoisotopic (exact) mass is 1360 g/mol. The van der Waals surface area contributed by atoms with Crippen molar-refractivity contribution in [2.24, 2.45) is 33.7 Å². The molecule has 23 N–H and O–H groups in total. The van der Waals surface area contributed by atoms with Gasteiger partial charge in [0.1, 0.15) is 66.5 Å². The average Bonchev–Trinajstić information content (AvgIpc) is 3.03. The summed E-state index contributed by atoms with van der Waals surface area (Å²) in [7, 11) is 3.44. The van der Waals surface area contributed by atoms with Gasteiger partial charge in [-0.1, -0.05) is 81.1 Å². The van der Waals surface area contributed by atoms with Gasteiger partial charge in [-0.25, -0.2) is 0 Å². The molecule has 0 aliphatic carbocycles. The van der Waals surface area contributed by atoms with Crippen LogP contribution in [-0.4, -0.2) is 225 Å². The molecule has 4 heterocycles. The van der Waals surface area contributed by atoms with Gasteiger partial charge in [-0.15, -0.1) is 0 Å². The number of aliphatic imine (C=N–C) groups is 1. The van der Waals surface area contributed by atoms with Crippen molar-refractivity contribution < 1.29 is 77.3 Å². The Morgan fingerprint density at radius 1 is 0.641 bits per heavy atom. The molecular formula is C54H80N18O16S4. The molecule has 2 bridgehead atoms. The first-order valence-electron chi connectivity index (χ1n) is 29.4. The van der Waals surface area contributed by atoms with Gasteiger partial charge in [0.2, 0.25) is 76.8 Å². The molecule has 92 heavy (non-hydrogen) atoms. The number of primary amides is 2. The van der Waals surface area contributed by atoms with E-state index in [4.69, 9.17) is 28.7 Å². The number of carbonyl (C=O) groups excluding carboxylic acids is 13. The highest BCUT2D eigenvalue weighted by atomic mass is 33.1. The van der Waals surface area contributed by atoms with Crippen LogP contribution >= 0.6 is 43.2 Å². The smallest absolute Gasteiger partial charge is 0.305 e. The molecule has 11 atom stereocenters. The first kappa shape index (κ1) is 74.7. The van der Waals surface area contributed by atoms with E-state index in [0.29, 0.717) is 29.3 Å². The minimum absolute atomic E-state index is 0.0198. The predicted molar refractivity (Wildman–Crippen MR) is 341 cm³/mol. The van der Waals surface area contributed by atoms with E-state index in [-0.39, 0.29) is 69.1 Å². The van der Waals surface area contributed by atoms with Gasteiger partial charge in [-0.2, -0.15) is 0 Å². The van der Waals surface area contributed by atoms with Gasteiger partial charge in [0.15, 0.2) is 5.96 Å². The molecule has 0 spiro atoms. The molecule has 5 rings (SSSR count). The first-order valence-corrected chi connectivity index (χ1v) is 34.3. The van der Waals surface area contributed by atoms with Crippen LogP contribution in [0.15, 0.2) is 35.5 Å². The molecule has 0 radical (unpaired) electrons. The number of rotatable bonds is 18. The summed E-state index contributed by atoms with van der Waals surface area (Å²) < 4.78 is 0. The number of nitrogens with one attached hydrogen (secondary N) is 11. The molecule has 3 aliphatic rings. The summed E-state index contributed by atoms with van der Waals surface area (Å²) >= 11 is 0. The van der Waals surface area contributed by atoms with E-state index in [1.807, 2.05) is 0 Å². The third-order valence-corrected chi connectivity index (χ3v) is 19.5. The van der Waals surface area contributed by atoms with Crippen molar-refractivity contribution in [1.29, 1.82) is 0 Å². The number of aliphatic hydroxyl groups is 1. The Morgan fingerprint density at radius 3 is 1.80 bits per heavy atom. The number of carboxylic acid groups (broad SMARTS) is 1. The fourth-order valence-electron chi connectivity index (χ4n) is 9.71. The maximum absolute atomic E-state index is 15.1. The number of para-hydroxylation sites is 1. The zero-order valence-corrected chi connectivity index (χ0v) is 53.5. The molecule has 3 fully saturated rings. The number of aliphatic carboxylic acids is 1. The zero-order valence-electron chi connectivity index (χ0n) is 50.2. The number of unbranched alkanes of at least 4 members (excludes halogenated alkanes) is 1. The number of aromatic nitrogens is 1. The van der Waals surface area contributed by atoms with Crippen molar-refractivity contribution in [2.75, 3.05) is 49.3 Å². The molecule has 13 amide bonds. The number of carbonyl (C=O) groups is 14. The Labute approximate surface area is 543 Å². The van der Waals surface area contributed by atoms with E-state index in [9.17, 15) is 72.5 Å². The molecular weight excluding hydrogens is 1280 g/mol. The number of carboxylic acids is 1. The van der Waals surface area contributed by atoms with Gasteiger partial charge in [0.25, 0.3) is 0 Å². The van der Waals surface area contributed by atoms with Crippen LogP contribution in [0.3, 0.4) is 0 Å². The molecule has 3 aliphatic heterocycles. The molecule has 0 saturated carbocycles. The van der Waals surface area contributed by atoms with E-state index >= 15 is 4.79 Å². The van der Waals surface area contributed by atoms with Crippen molar-refractivity contribution in [2.45, 2.75) is 144 Å². The molecule has 3 saturated heterocycles. The predicted octanol–water partition coefficient (Wildman–Crippen LogP) is -6.24. The third-order valence-electron chi connectivity index (χ3n) is 14.6. The lowest BCUT2D eigenvalue weighted by Gasteiger charge is -2.30. The van der Waals surface area contributed by atoms with Crippen molar-refractivity contribution in [3.8, 4) is 0 Å². The van der Waals surface area contributed by atoms with E-state index in [1.165, 1.54) is 0 Å². The number of nitrogens with zero attached hydrogens (tertiary/aromatic N) is 2. The number of hydrogen-bond acceptors (Lipinski definition) is 21. The van der Waals surface area contributed by atoms with Crippen molar-refractivity contribution >= 4 is 143 Å². The van der Waals surface area contributed by atoms with Gasteiger partial charge in [0, 0.05) is 66.0 Å². The van der Waals surface area contributed by atoms with E-state index in [0.717, 1.165) is 48.1 Å². The number of benzene rings is 1. The summed E-state index contributed by atoms with van der Waals surface area (Å²) in [5.74, 6) is -16.6. The molecule has 34 nitrogen and oxygen atoms in total. The number of nitrogens with two attached hydrogens (primary N) is 5. The number of aliphatic hydroxyl groups excluding tert-OH is 1. The fraction of sp³-hybridized carbons (Fsp3) is 0.574. The highest BCUT2D eigenvalue weighted by Gasteiger charge is 2.42. The molecule has 506 valence electrons. The van der Waals surface area contributed by atoms with Gasteiger partial charge < -0.3 is 102 Å². The summed E-state index contributed by atoms with van der Waals surface area (Å²) in [5, 5.41) is 46.3. The second-order valence-corrected chi connectivity index (χ2v) is 26.6. The standard InChI is InChI=1S/C54H80N18O16S4/c1-2-3-9-29-44(79)69-35(43(57)78)22-89-91-25-38-51(86)68-34(21-73)48(83)67-33(18-42(76)77)53(88)72-16-7-12-39(72)52(87)65-30(11-6-15-60-54(58)59)45(80)70-37(24-92-90-23-36(49(84)71-38)62-41(75)19-55)50(85)66-32(17-26-20-61-28-10-5-4-8-27(26)28)47(82)64-31(46(81)63-29)13-14-40(56)74/h4-5,8,10,20,29-39,61,73H,2-3,6-7,9,11-19,21-25,55H2,1H3,(H2,56,74)(H2,57,78)(H,62,75)(H,63,81)(H,64,82)(H,65,87)(H,66,85)(H,67,83)(H,68,86)(H,69,79)(H,70,80)(H,71,84)(H,76,77)(H4,58,59,60)/t29-,30-,31-,32-,33-,34-,35-,36-,37-,38-,39-/m0/s1. The molecule has 1 aromatic heterocycles. The average molecular weight is 1370 g/mol. The Bertz CT molecular complexity index is 3050. The van der Waals surface area contributed by atoms with Crippen LogP contribution in [0.25, 0.3) is 10.9 Å². The number of aromatic amines is 1. The van der Waals surface area contributed by atoms with Crippen LogP contribution < -0.4 is 81.8 Å². The van der Waals surface area contributed by atoms with Crippen molar-refractivity contribution in [3.05, 3.63) is 36.0 Å². The van der Waals surface area contributed by atoms with E-state index in [2.05, 4.69) is 63.1 Å². The third kappa shape index (κ3) is 23.2. The van der Waals surface area contributed by atoms with Crippen LogP contribution in [0.4, 0.5) is 0 Å². The molecule has 2 aromatic rings. The van der Waals surface area contributed by atoms with Gasteiger partial charge in [-0.3, -0.25) is 72.1 Å². The molecule has 38 heteroatoms. The normalized spacial score (nSPS) is 26.0. The van der Waals surface area contributed by atoms with Crippen LogP contribution in [0, 0.1) is 0 Å². The van der Waals surface area contributed by atoms with Crippen LogP contribution in [0.2, 0.25) is 0 Å². The van der Waals surface area contributed by atoms with Crippen molar-refractivity contribution in [1.82, 2.24) is 63.1 Å². The lowest BCUT2D eigenvalue weighted by atomic mass is 10.0. The zero-order chi connectivity index (χ0) is 67.6. The maximum atomic E-state index is 15.1. The van der Waals surface area contributed by atoms with E-state index in [1.54, 1.807) is 37.4 Å². The minimum atomic E-state index is -1.94. The summed E-state index contributed by atoms with van der Waals surface area (Å²) in [6.45, 7) is -0.219. The number of amides is 13. The number of hydrogen-bond donors (Lipinski definition) is 18. The quantitative estimate of drug-likeness (QED) is 0.0286. The highest BCUT2D eigenvalue weighted by molar-refractivity contribution is 8.77. The Morgan fingerprint density at radius 2 is 1.18 bits per heavy atom. The summed E-state index contributed by atoms with van der Waals surface area (Å²) in [5.41, 5.74) is 29.2. The lowest BCUT2D eigenvalue weighted by Crippen LogP contribution is -2.61. The number of guanidine groups is 1. The SMILES string of the molecule is CCCC[C@@H]1NC(=O)[C@H](CCC(N)=O)NC(=O)[C@H](Cc2c[nH]c3ccccc23)NC(=O)[C@@H]2CSSC[C@H](NC(=O)CN)C(=O)N[C@@H](CSSC[C@@H](C(N)=O)NC1=O)C(=O)N[C@@H](CO)C(=O)N[C@@H](CC(=O)O)C(=O)N1CCC[C@H]1C(=O)N[C@@H](CCCN=C(N)N)C(=O)N2. The molecule has 0 unspecified atom stereocenters. The highest BCUT2D eigenvalue weighted by Crippen LogP contribution is 2.27. The largest absolute Gasteiger partial charge is 0.481 e. The van der Waals surface area contributed by atoms with Gasteiger partial charge in [0.05, 0.1) is 19.6 Å². The minimum Gasteiger partial charge on any atom is -0.481 e. The number of H-pyrrole nitrogens is 1. The van der Waals surface area contributed by atoms with Crippen LogP contribution in [-0.2, 0) is 73.5 Å². The number of fused-ring (bicyclic) bond motifs is 10. The summed E-state index contributed by atoms with van der Waals surface area (Å²) in [6.07, 6.45) is 0.0980. The summed E-state index contributed by atoms with van der Waals surface area (Å²) in [6, 6.07) is -10.9. The van der Waals surface area contributed by atoms with Gasteiger partial charge >= 0.3 is 5.97 Å². The maximum Gasteiger partial charge on any atom is 0.305 e. The second kappa shape index (κ2) is 37.4. The summed E-state index contributed by atoms with van der Waals surface area (Å²) in [4.78, 5) is 204. The topological polar surface area (TPSA) is 561 Å². The Balaban J connectivity index is 1.72. The van der Waals surface area contributed by atoms with Gasteiger partial charge in [-0.05, 0) is 50.2 Å². The van der Waals surface area contributed by atoms with Crippen LogP contribution in [0.5, 0.6) is 0 Å². The van der Waals surface area contributed by atoms with E-state index < -0.39 is 193 Å². The Hall–Kier alpha value is -8.07. The lowest BCUT2D eigenvalue weighted by molar-refractivity contribution is -0.146. The fourth-order valence-corrected chi connectivity index (χ4v) is 14.4. The Kier molecular flexibility index (Phi) is 30.4. The van der Waals surface area contributed by atoms with Crippen molar-refractivity contribution in [3.63, 3.8) is 0 Å². The second-order valence-electron chi connectivity index (χ2n) is 21.5. The molecule has 1 aromatic carbocycles.